The van der Waals surface area contributed by atoms with E-state index in [9.17, 15) is 4.79 Å². The standard InChI is InChI=1S/C13H11N5O2S/c1-20-10(19)7-21-13-11-12(14-8-15-13)18(17-16-11)9-5-3-2-4-6-9/h2-6,8H,7H2,1H3. The Hall–Kier alpha value is -2.48. The lowest BCUT2D eigenvalue weighted by molar-refractivity contribution is -0.137. The van der Waals surface area contributed by atoms with Gasteiger partial charge in [-0.25, -0.2) is 9.97 Å². The summed E-state index contributed by atoms with van der Waals surface area (Å²) < 4.78 is 6.25. The van der Waals surface area contributed by atoms with Crippen molar-refractivity contribution in [2.75, 3.05) is 12.9 Å². The highest BCUT2D eigenvalue weighted by molar-refractivity contribution is 8.00. The zero-order valence-corrected chi connectivity index (χ0v) is 11.9. The zero-order valence-electron chi connectivity index (χ0n) is 11.1. The molecule has 0 aliphatic rings. The second-order valence-electron chi connectivity index (χ2n) is 4.05. The summed E-state index contributed by atoms with van der Waals surface area (Å²) in [4.78, 5) is 19.6. The van der Waals surface area contributed by atoms with Gasteiger partial charge in [0.25, 0.3) is 0 Å². The van der Waals surface area contributed by atoms with Crippen molar-refractivity contribution in [3.8, 4) is 5.69 Å². The fourth-order valence-electron chi connectivity index (χ4n) is 1.76. The molecule has 0 unspecified atom stereocenters. The number of ether oxygens (including phenoxy) is 1. The summed E-state index contributed by atoms with van der Waals surface area (Å²) in [6.07, 6.45) is 1.44. The average molecular weight is 301 g/mol. The Bertz CT molecular complexity index is 775. The number of carbonyl (C=O) groups is 1. The van der Waals surface area contributed by atoms with Crippen LogP contribution < -0.4 is 0 Å². The Morgan fingerprint density at radius 1 is 1.29 bits per heavy atom. The predicted molar refractivity (Wildman–Crippen MR) is 77.2 cm³/mol. The first-order valence-electron chi connectivity index (χ1n) is 6.11. The van der Waals surface area contributed by atoms with Crippen LogP contribution in [0.15, 0.2) is 41.7 Å². The third-order valence-electron chi connectivity index (χ3n) is 2.76. The minimum absolute atomic E-state index is 0.167. The van der Waals surface area contributed by atoms with Gasteiger partial charge < -0.3 is 4.74 Å². The maximum absolute atomic E-state index is 11.2. The van der Waals surface area contributed by atoms with Crippen LogP contribution in [-0.4, -0.2) is 43.8 Å². The van der Waals surface area contributed by atoms with Crippen molar-refractivity contribution in [2.45, 2.75) is 5.03 Å². The molecule has 2 heterocycles. The van der Waals surface area contributed by atoms with E-state index in [1.165, 1.54) is 25.2 Å². The molecule has 8 heteroatoms. The van der Waals surface area contributed by atoms with Gasteiger partial charge in [0.1, 0.15) is 11.4 Å². The first kappa shape index (κ1) is 13.5. The van der Waals surface area contributed by atoms with E-state index in [1.54, 1.807) is 4.68 Å². The molecule has 0 N–H and O–H groups in total. The summed E-state index contributed by atoms with van der Waals surface area (Å²) in [7, 11) is 1.35. The summed E-state index contributed by atoms with van der Waals surface area (Å²) in [5.41, 5.74) is 2.03. The first-order chi connectivity index (χ1) is 10.3. The Balaban J connectivity index is 1.98. The molecule has 0 radical (unpaired) electrons. The number of aromatic nitrogens is 5. The molecule has 2 aromatic heterocycles. The zero-order chi connectivity index (χ0) is 14.7. The van der Waals surface area contributed by atoms with Crippen LogP contribution in [0.3, 0.4) is 0 Å². The lowest BCUT2D eigenvalue weighted by atomic mass is 10.3. The molecule has 0 aliphatic carbocycles. The molecular weight excluding hydrogens is 290 g/mol. The molecule has 0 amide bonds. The number of para-hydroxylation sites is 1. The largest absolute Gasteiger partial charge is 0.468 e. The van der Waals surface area contributed by atoms with Crippen molar-refractivity contribution in [3.63, 3.8) is 0 Å². The van der Waals surface area contributed by atoms with E-state index in [-0.39, 0.29) is 11.7 Å². The van der Waals surface area contributed by atoms with E-state index < -0.39 is 0 Å². The van der Waals surface area contributed by atoms with Gasteiger partial charge in [-0.15, -0.1) is 5.10 Å². The number of nitrogens with zero attached hydrogens (tertiary/aromatic N) is 5. The molecule has 21 heavy (non-hydrogen) atoms. The van der Waals surface area contributed by atoms with Crippen molar-refractivity contribution in [3.05, 3.63) is 36.7 Å². The summed E-state index contributed by atoms with van der Waals surface area (Å²) in [6, 6.07) is 9.58. The highest BCUT2D eigenvalue weighted by Gasteiger charge is 2.14. The van der Waals surface area contributed by atoms with Gasteiger partial charge in [0.15, 0.2) is 11.2 Å². The summed E-state index contributed by atoms with van der Waals surface area (Å²) >= 11 is 1.25. The Morgan fingerprint density at radius 3 is 2.86 bits per heavy atom. The van der Waals surface area contributed by atoms with Crippen LogP contribution in [0, 0.1) is 0 Å². The number of thioether (sulfide) groups is 1. The smallest absolute Gasteiger partial charge is 0.316 e. The molecule has 0 fully saturated rings. The van der Waals surface area contributed by atoms with Gasteiger partial charge >= 0.3 is 5.97 Å². The van der Waals surface area contributed by atoms with Crippen molar-refractivity contribution < 1.29 is 9.53 Å². The summed E-state index contributed by atoms with van der Waals surface area (Å²) in [6.45, 7) is 0. The van der Waals surface area contributed by atoms with Gasteiger partial charge in [0, 0.05) is 0 Å². The molecule has 0 saturated carbocycles. The van der Waals surface area contributed by atoms with E-state index >= 15 is 0 Å². The van der Waals surface area contributed by atoms with Crippen LogP contribution >= 0.6 is 11.8 Å². The van der Waals surface area contributed by atoms with E-state index in [1.807, 2.05) is 30.3 Å². The molecule has 3 rings (SSSR count). The first-order valence-corrected chi connectivity index (χ1v) is 7.09. The molecule has 106 valence electrons. The van der Waals surface area contributed by atoms with Crippen LogP contribution in [0.2, 0.25) is 0 Å². The second kappa shape index (κ2) is 5.88. The third kappa shape index (κ3) is 2.70. The van der Waals surface area contributed by atoms with Gasteiger partial charge in [-0.1, -0.05) is 35.2 Å². The fraction of sp³-hybridized carbons (Fsp3) is 0.154. The van der Waals surface area contributed by atoms with Crippen LogP contribution in [-0.2, 0) is 9.53 Å². The normalized spacial score (nSPS) is 10.7. The average Bonchev–Trinajstić information content (AvgIpc) is 2.98. The molecule has 0 aliphatic heterocycles. The summed E-state index contributed by atoms with van der Waals surface area (Å²) in [5.74, 6) is -0.150. The molecule has 0 atom stereocenters. The van der Waals surface area contributed by atoms with Gasteiger partial charge in [0.05, 0.1) is 18.6 Å². The number of methoxy groups -OCH3 is 1. The van der Waals surface area contributed by atoms with Gasteiger partial charge in [-0.2, -0.15) is 4.68 Å². The number of fused-ring (bicyclic) bond motifs is 1. The number of rotatable bonds is 4. The van der Waals surface area contributed by atoms with Crippen LogP contribution in [0.4, 0.5) is 0 Å². The molecular formula is C13H11N5O2S. The molecule has 0 saturated heterocycles. The summed E-state index contributed by atoms with van der Waals surface area (Å²) in [5, 5.41) is 8.83. The Morgan fingerprint density at radius 2 is 2.10 bits per heavy atom. The topological polar surface area (TPSA) is 82.8 Å². The molecule has 7 nitrogen and oxygen atoms in total. The number of benzene rings is 1. The van der Waals surface area contributed by atoms with Crippen molar-refractivity contribution in [1.82, 2.24) is 25.0 Å². The molecule has 0 bridgehead atoms. The molecule has 1 aromatic carbocycles. The lowest BCUT2D eigenvalue weighted by Crippen LogP contribution is -2.03. The number of hydrogen-bond acceptors (Lipinski definition) is 7. The van der Waals surface area contributed by atoms with E-state index in [0.717, 1.165) is 5.69 Å². The second-order valence-corrected chi connectivity index (χ2v) is 5.02. The van der Waals surface area contributed by atoms with Crippen molar-refractivity contribution >= 4 is 28.9 Å². The molecule has 3 aromatic rings. The van der Waals surface area contributed by atoms with Crippen LogP contribution in [0.25, 0.3) is 16.9 Å². The molecule has 0 spiro atoms. The van der Waals surface area contributed by atoms with Gasteiger partial charge in [0.2, 0.25) is 0 Å². The maximum atomic E-state index is 11.2. The van der Waals surface area contributed by atoms with Crippen LogP contribution in [0.1, 0.15) is 0 Å². The van der Waals surface area contributed by atoms with Crippen molar-refractivity contribution in [1.29, 1.82) is 0 Å². The van der Waals surface area contributed by atoms with E-state index in [4.69, 9.17) is 0 Å². The van der Waals surface area contributed by atoms with Crippen molar-refractivity contribution in [2.24, 2.45) is 0 Å². The third-order valence-corrected chi connectivity index (χ3v) is 3.71. The Labute approximate surface area is 124 Å². The van der Waals surface area contributed by atoms with E-state index in [0.29, 0.717) is 16.2 Å². The Kier molecular flexibility index (Phi) is 3.78. The predicted octanol–water partition coefficient (Wildman–Crippen LogP) is 1.48. The quantitative estimate of drug-likeness (QED) is 0.410. The maximum Gasteiger partial charge on any atom is 0.316 e. The van der Waals surface area contributed by atoms with Crippen LogP contribution in [0.5, 0.6) is 0 Å². The highest BCUT2D eigenvalue weighted by atomic mass is 32.2. The van der Waals surface area contributed by atoms with Gasteiger partial charge in [-0.05, 0) is 12.1 Å². The fourth-order valence-corrected chi connectivity index (χ4v) is 2.53. The SMILES string of the molecule is COC(=O)CSc1ncnc2c1nnn2-c1ccccc1. The minimum atomic E-state index is -0.317. The monoisotopic (exact) mass is 301 g/mol. The lowest BCUT2D eigenvalue weighted by Gasteiger charge is -2.02. The van der Waals surface area contributed by atoms with E-state index in [2.05, 4.69) is 25.0 Å². The minimum Gasteiger partial charge on any atom is -0.468 e. The highest BCUT2D eigenvalue weighted by Crippen LogP contribution is 2.23. The number of carbonyl (C=O) groups excluding carboxylic acids is 1. The van der Waals surface area contributed by atoms with Gasteiger partial charge in [-0.3, -0.25) is 4.79 Å². The number of hydrogen-bond donors (Lipinski definition) is 0. The number of esters is 1.